The van der Waals surface area contributed by atoms with Crippen molar-refractivity contribution in [3.63, 3.8) is 0 Å². The van der Waals surface area contributed by atoms with Crippen LogP contribution in [0.3, 0.4) is 0 Å². The Balaban J connectivity index is 2.10. The van der Waals surface area contributed by atoms with E-state index in [0.29, 0.717) is 31.6 Å². The molecule has 0 aliphatic carbocycles. The number of amides is 1. The van der Waals surface area contributed by atoms with E-state index >= 15 is 0 Å². The maximum atomic E-state index is 12.6. The molecule has 0 saturated carbocycles. The van der Waals surface area contributed by atoms with Crippen molar-refractivity contribution >= 4 is 5.91 Å². The number of nitrogens with two attached hydrogens (primary N) is 1. The first-order valence-corrected chi connectivity index (χ1v) is 7.59. The van der Waals surface area contributed by atoms with Gasteiger partial charge in [-0.3, -0.25) is 4.79 Å². The lowest BCUT2D eigenvalue weighted by Gasteiger charge is -2.35. The predicted molar refractivity (Wildman–Crippen MR) is 83.1 cm³/mol. The second kappa shape index (κ2) is 7.76. The van der Waals surface area contributed by atoms with E-state index in [-0.39, 0.29) is 24.0 Å². The largest absolute Gasteiger partial charge is 0.493 e. The van der Waals surface area contributed by atoms with Gasteiger partial charge in [0.25, 0.3) is 0 Å². The summed E-state index contributed by atoms with van der Waals surface area (Å²) in [5, 5.41) is 0. The maximum Gasteiger partial charge on any atom is 0.387 e. The number of benzene rings is 1. The van der Waals surface area contributed by atoms with Crippen molar-refractivity contribution in [2.75, 3.05) is 27.4 Å². The number of nitrogens with zero attached hydrogens (tertiary/aromatic N) is 1. The monoisotopic (exact) mass is 344 g/mol. The van der Waals surface area contributed by atoms with Gasteiger partial charge in [-0.1, -0.05) is 6.07 Å². The van der Waals surface area contributed by atoms with Crippen LogP contribution in [0.25, 0.3) is 0 Å². The lowest BCUT2D eigenvalue weighted by molar-refractivity contribution is -0.139. The molecule has 1 fully saturated rings. The summed E-state index contributed by atoms with van der Waals surface area (Å²) in [7, 11) is 3.00. The second-order valence-corrected chi connectivity index (χ2v) is 5.79. The number of rotatable bonds is 6. The average molecular weight is 344 g/mol. The molecule has 1 aromatic rings. The lowest BCUT2D eigenvalue weighted by Crippen LogP contribution is -2.57. The highest BCUT2D eigenvalue weighted by atomic mass is 19.3. The zero-order chi connectivity index (χ0) is 17.7. The molecule has 8 heteroatoms. The molecule has 2 rings (SSSR count). The molecule has 0 spiro atoms. The van der Waals surface area contributed by atoms with Crippen molar-refractivity contribution in [1.29, 1.82) is 0 Å². The molecule has 6 nitrogen and oxygen atoms in total. The summed E-state index contributed by atoms with van der Waals surface area (Å²) in [5.74, 6) is -0.0647. The average Bonchev–Trinajstić information content (AvgIpc) is 2.54. The Bertz CT molecular complexity index is 577. The third kappa shape index (κ3) is 4.33. The fourth-order valence-corrected chi connectivity index (χ4v) is 2.68. The van der Waals surface area contributed by atoms with Gasteiger partial charge in [0.15, 0.2) is 11.5 Å². The first-order chi connectivity index (χ1) is 11.4. The first kappa shape index (κ1) is 18.4. The van der Waals surface area contributed by atoms with E-state index in [1.807, 2.05) is 0 Å². The van der Waals surface area contributed by atoms with Crippen LogP contribution < -0.4 is 15.2 Å². The number of carbonyl (C=O) groups excluding carboxylic acids is 1. The molecular weight excluding hydrogens is 322 g/mol. The van der Waals surface area contributed by atoms with Crippen molar-refractivity contribution in [2.24, 2.45) is 5.73 Å². The Morgan fingerprint density at radius 2 is 2.04 bits per heavy atom. The Morgan fingerprint density at radius 1 is 1.38 bits per heavy atom. The molecule has 0 aromatic heterocycles. The van der Waals surface area contributed by atoms with Crippen LogP contribution in [-0.4, -0.2) is 50.3 Å². The Labute approximate surface area is 139 Å². The molecule has 1 saturated heterocycles. The zero-order valence-electron chi connectivity index (χ0n) is 13.8. The number of hydrogen-bond donors (Lipinski definition) is 1. The fraction of sp³-hybridized carbons (Fsp3) is 0.562. The molecule has 2 N–H and O–H groups in total. The van der Waals surface area contributed by atoms with E-state index in [1.165, 1.54) is 24.1 Å². The van der Waals surface area contributed by atoms with Crippen molar-refractivity contribution in [3.8, 4) is 11.5 Å². The summed E-state index contributed by atoms with van der Waals surface area (Å²) in [5.41, 5.74) is 5.88. The number of ether oxygens (including phenoxy) is 3. The molecule has 0 unspecified atom stereocenters. The maximum absolute atomic E-state index is 12.6. The topological polar surface area (TPSA) is 74.0 Å². The van der Waals surface area contributed by atoms with Crippen LogP contribution in [0, 0.1) is 0 Å². The zero-order valence-corrected chi connectivity index (χ0v) is 13.8. The van der Waals surface area contributed by atoms with Gasteiger partial charge in [0, 0.05) is 26.8 Å². The summed E-state index contributed by atoms with van der Waals surface area (Å²) >= 11 is 0. The predicted octanol–water partition coefficient (Wildman–Crippen LogP) is 1.76. The Hall–Kier alpha value is -1.93. The van der Waals surface area contributed by atoms with Crippen molar-refractivity contribution in [3.05, 3.63) is 23.8 Å². The highest BCUT2D eigenvalue weighted by Gasteiger charge is 2.37. The number of likely N-dealkylation sites (N-methyl/N-ethyl adjacent to an activating group) is 1. The quantitative estimate of drug-likeness (QED) is 0.851. The van der Waals surface area contributed by atoms with E-state index in [1.54, 1.807) is 13.1 Å². The van der Waals surface area contributed by atoms with Gasteiger partial charge in [0.05, 0.1) is 12.6 Å². The van der Waals surface area contributed by atoms with E-state index in [2.05, 4.69) is 4.74 Å². The number of methoxy groups -OCH3 is 1. The molecule has 0 bridgehead atoms. The summed E-state index contributed by atoms with van der Waals surface area (Å²) < 4.78 is 39.6. The van der Waals surface area contributed by atoms with Crippen LogP contribution >= 0.6 is 0 Å². The SMILES string of the molecule is COc1ccc(CN(C)C(=O)C2(N)CCOCC2)cc1OC(F)F. The van der Waals surface area contributed by atoms with Crippen LogP contribution in [0.2, 0.25) is 0 Å². The molecule has 1 aliphatic heterocycles. The van der Waals surface area contributed by atoms with Gasteiger partial charge in [0.2, 0.25) is 5.91 Å². The van der Waals surface area contributed by atoms with Gasteiger partial charge in [0.1, 0.15) is 0 Å². The fourth-order valence-electron chi connectivity index (χ4n) is 2.68. The van der Waals surface area contributed by atoms with Gasteiger partial charge in [-0.25, -0.2) is 0 Å². The van der Waals surface area contributed by atoms with Gasteiger partial charge < -0.3 is 24.8 Å². The van der Waals surface area contributed by atoms with Gasteiger partial charge >= 0.3 is 6.61 Å². The third-order valence-electron chi connectivity index (χ3n) is 4.02. The lowest BCUT2D eigenvalue weighted by atomic mass is 9.89. The standard InChI is InChI=1S/C16H22F2N2O4/c1-20(14(21)16(19)5-7-23-8-6-16)10-11-3-4-12(22-2)13(9-11)24-15(17)18/h3-4,9,15H,5-8,10,19H2,1-2H3. The van der Waals surface area contributed by atoms with E-state index < -0.39 is 12.2 Å². The summed E-state index contributed by atoms with van der Waals surface area (Å²) in [6.07, 6.45) is 0.914. The van der Waals surface area contributed by atoms with Crippen LogP contribution in [0.15, 0.2) is 18.2 Å². The van der Waals surface area contributed by atoms with Gasteiger partial charge in [-0.15, -0.1) is 0 Å². The second-order valence-electron chi connectivity index (χ2n) is 5.79. The number of hydrogen-bond acceptors (Lipinski definition) is 5. The van der Waals surface area contributed by atoms with Crippen LogP contribution in [0.5, 0.6) is 11.5 Å². The number of alkyl halides is 2. The molecule has 134 valence electrons. The molecule has 0 atom stereocenters. The van der Waals surface area contributed by atoms with Crippen molar-refractivity contribution in [1.82, 2.24) is 4.90 Å². The molecule has 1 aromatic carbocycles. The molecule has 1 heterocycles. The van der Waals surface area contributed by atoms with Crippen LogP contribution in [-0.2, 0) is 16.1 Å². The summed E-state index contributed by atoms with van der Waals surface area (Å²) in [4.78, 5) is 14.1. The summed E-state index contributed by atoms with van der Waals surface area (Å²) in [6.45, 7) is -1.83. The molecule has 1 aliphatic rings. The van der Waals surface area contributed by atoms with Crippen molar-refractivity contribution < 1.29 is 27.8 Å². The Morgan fingerprint density at radius 3 is 2.62 bits per heavy atom. The minimum absolute atomic E-state index is 0.0700. The van der Waals surface area contributed by atoms with Gasteiger partial charge in [-0.05, 0) is 30.5 Å². The van der Waals surface area contributed by atoms with Gasteiger partial charge in [-0.2, -0.15) is 8.78 Å². The minimum Gasteiger partial charge on any atom is -0.493 e. The van der Waals surface area contributed by atoms with Crippen LogP contribution in [0.1, 0.15) is 18.4 Å². The third-order valence-corrected chi connectivity index (χ3v) is 4.02. The number of halogens is 2. The normalized spacial score (nSPS) is 16.8. The highest BCUT2D eigenvalue weighted by Crippen LogP contribution is 2.30. The minimum atomic E-state index is -2.96. The van der Waals surface area contributed by atoms with E-state index in [9.17, 15) is 13.6 Å². The smallest absolute Gasteiger partial charge is 0.387 e. The Kier molecular flexibility index (Phi) is 5.95. The molecule has 1 amide bonds. The molecule has 0 radical (unpaired) electrons. The molecule has 24 heavy (non-hydrogen) atoms. The molecular formula is C16H22F2N2O4. The van der Waals surface area contributed by atoms with Crippen molar-refractivity contribution in [2.45, 2.75) is 31.5 Å². The van der Waals surface area contributed by atoms with E-state index in [4.69, 9.17) is 15.2 Å². The van der Waals surface area contributed by atoms with Crippen LogP contribution in [0.4, 0.5) is 8.78 Å². The number of carbonyl (C=O) groups is 1. The summed E-state index contributed by atoms with van der Waals surface area (Å²) in [6, 6.07) is 4.65. The van der Waals surface area contributed by atoms with E-state index in [0.717, 1.165) is 0 Å². The highest BCUT2D eigenvalue weighted by molar-refractivity contribution is 5.86. The first-order valence-electron chi connectivity index (χ1n) is 7.59.